The lowest BCUT2D eigenvalue weighted by atomic mass is 9.93. The third-order valence-electron chi connectivity index (χ3n) is 5.18. The second-order valence-corrected chi connectivity index (χ2v) is 7.49. The molecular weight excluding hydrogens is 314 g/mol. The SMILES string of the molecule is Cc1ccccc1C(C)CC(=O)N(C)CC(O)CN1CCN(C)CC1. The Morgan fingerprint density at radius 2 is 1.88 bits per heavy atom. The number of carbonyl (C=O) groups excluding carboxylic acids is 1. The number of rotatable bonds is 7. The van der Waals surface area contributed by atoms with E-state index in [4.69, 9.17) is 0 Å². The van der Waals surface area contributed by atoms with Crippen LogP contribution in [0.2, 0.25) is 0 Å². The van der Waals surface area contributed by atoms with Crippen molar-refractivity contribution in [1.29, 1.82) is 0 Å². The Bertz CT molecular complexity index is 556. The third kappa shape index (κ3) is 6.10. The number of aryl methyl sites for hydroxylation is 1. The molecule has 25 heavy (non-hydrogen) atoms. The standard InChI is InChI=1S/C20H33N3O2/c1-16-7-5-6-8-19(16)17(2)13-20(25)22(4)14-18(24)15-23-11-9-21(3)10-12-23/h5-8,17-18,24H,9-15H2,1-4H3. The molecule has 0 saturated carbocycles. The number of piperazine rings is 1. The van der Waals surface area contributed by atoms with E-state index in [1.807, 2.05) is 12.1 Å². The lowest BCUT2D eigenvalue weighted by Crippen LogP contribution is -2.49. The number of amides is 1. The normalized spacial score (nSPS) is 18.8. The number of hydrogen-bond acceptors (Lipinski definition) is 4. The van der Waals surface area contributed by atoms with Gasteiger partial charge in [-0.3, -0.25) is 9.69 Å². The summed E-state index contributed by atoms with van der Waals surface area (Å²) in [5.41, 5.74) is 2.45. The van der Waals surface area contributed by atoms with Gasteiger partial charge in [-0.1, -0.05) is 31.2 Å². The van der Waals surface area contributed by atoms with Gasteiger partial charge in [0.05, 0.1) is 6.10 Å². The molecule has 5 nitrogen and oxygen atoms in total. The van der Waals surface area contributed by atoms with Crippen molar-refractivity contribution >= 4 is 5.91 Å². The van der Waals surface area contributed by atoms with Crippen molar-refractivity contribution < 1.29 is 9.90 Å². The quantitative estimate of drug-likeness (QED) is 0.813. The number of carbonyl (C=O) groups is 1. The van der Waals surface area contributed by atoms with Crippen molar-refractivity contribution in [3.63, 3.8) is 0 Å². The molecule has 2 unspecified atom stereocenters. The van der Waals surface area contributed by atoms with E-state index >= 15 is 0 Å². The summed E-state index contributed by atoms with van der Waals surface area (Å²) in [4.78, 5) is 18.8. The van der Waals surface area contributed by atoms with Crippen molar-refractivity contribution in [2.75, 3.05) is 53.4 Å². The van der Waals surface area contributed by atoms with E-state index in [9.17, 15) is 9.90 Å². The van der Waals surface area contributed by atoms with Crippen LogP contribution in [0.3, 0.4) is 0 Å². The number of aliphatic hydroxyl groups is 1. The van der Waals surface area contributed by atoms with Crippen molar-refractivity contribution in [3.8, 4) is 0 Å². The minimum Gasteiger partial charge on any atom is -0.390 e. The van der Waals surface area contributed by atoms with Crippen LogP contribution in [0.15, 0.2) is 24.3 Å². The van der Waals surface area contributed by atoms with Crippen LogP contribution in [0.25, 0.3) is 0 Å². The van der Waals surface area contributed by atoms with E-state index in [0.717, 1.165) is 26.2 Å². The maximum Gasteiger partial charge on any atom is 0.223 e. The zero-order chi connectivity index (χ0) is 18.4. The second kappa shape index (κ2) is 9.32. The van der Waals surface area contributed by atoms with Gasteiger partial charge >= 0.3 is 0 Å². The molecule has 0 spiro atoms. The highest BCUT2D eigenvalue weighted by atomic mass is 16.3. The van der Waals surface area contributed by atoms with Crippen LogP contribution in [0.5, 0.6) is 0 Å². The molecular formula is C20H33N3O2. The van der Waals surface area contributed by atoms with E-state index in [1.165, 1.54) is 11.1 Å². The maximum atomic E-state index is 12.5. The molecule has 1 amide bonds. The molecule has 0 aliphatic carbocycles. The minimum atomic E-state index is -0.494. The summed E-state index contributed by atoms with van der Waals surface area (Å²) in [7, 11) is 3.91. The summed E-state index contributed by atoms with van der Waals surface area (Å²) in [6.45, 7) is 9.25. The van der Waals surface area contributed by atoms with Crippen molar-refractivity contribution in [2.24, 2.45) is 0 Å². The van der Waals surface area contributed by atoms with Crippen LogP contribution in [-0.4, -0.2) is 85.2 Å². The molecule has 1 N–H and O–H groups in total. The van der Waals surface area contributed by atoms with Gasteiger partial charge in [0.25, 0.3) is 0 Å². The Kier molecular flexibility index (Phi) is 7.41. The fraction of sp³-hybridized carbons (Fsp3) is 0.650. The van der Waals surface area contributed by atoms with Crippen molar-refractivity contribution in [2.45, 2.75) is 32.3 Å². The summed E-state index contributed by atoms with van der Waals surface area (Å²) in [5, 5.41) is 10.3. The number of nitrogens with zero attached hydrogens (tertiary/aromatic N) is 3. The zero-order valence-corrected chi connectivity index (χ0v) is 16.1. The topological polar surface area (TPSA) is 47.0 Å². The molecule has 1 aromatic rings. The van der Waals surface area contributed by atoms with Crippen LogP contribution in [-0.2, 0) is 4.79 Å². The summed E-state index contributed by atoms with van der Waals surface area (Å²) < 4.78 is 0. The average Bonchev–Trinajstić information content (AvgIpc) is 2.57. The molecule has 1 fully saturated rings. The number of aliphatic hydroxyl groups excluding tert-OH is 1. The molecule has 2 atom stereocenters. The van der Waals surface area contributed by atoms with Crippen LogP contribution in [0, 0.1) is 6.92 Å². The first kappa shape index (κ1) is 19.9. The van der Waals surface area contributed by atoms with Gasteiger partial charge in [0.2, 0.25) is 5.91 Å². The fourth-order valence-electron chi connectivity index (χ4n) is 3.47. The number of β-amino-alcohol motifs (C(OH)–C–C–N with tert-alkyl or cyclic N) is 1. The number of hydrogen-bond donors (Lipinski definition) is 1. The summed E-state index contributed by atoms with van der Waals surface area (Å²) in [6, 6.07) is 8.22. The maximum absolute atomic E-state index is 12.5. The number of likely N-dealkylation sites (N-methyl/N-ethyl adjacent to an activating group) is 2. The van der Waals surface area contributed by atoms with Crippen molar-refractivity contribution in [1.82, 2.24) is 14.7 Å². The van der Waals surface area contributed by atoms with Crippen LogP contribution < -0.4 is 0 Å². The molecule has 1 heterocycles. The van der Waals surface area contributed by atoms with E-state index in [1.54, 1.807) is 11.9 Å². The van der Waals surface area contributed by atoms with Gasteiger partial charge < -0.3 is 14.9 Å². The fourth-order valence-corrected chi connectivity index (χ4v) is 3.47. The Morgan fingerprint density at radius 1 is 1.24 bits per heavy atom. The Morgan fingerprint density at radius 3 is 2.52 bits per heavy atom. The lowest BCUT2D eigenvalue weighted by molar-refractivity contribution is -0.131. The van der Waals surface area contributed by atoms with E-state index in [2.05, 4.69) is 42.8 Å². The predicted octanol–water partition coefficient (Wildman–Crippen LogP) is 1.56. The van der Waals surface area contributed by atoms with Gasteiger partial charge in [-0.15, -0.1) is 0 Å². The highest BCUT2D eigenvalue weighted by Crippen LogP contribution is 2.23. The van der Waals surface area contributed by atoms with Gasteiger partial charge in [-0.05, 0) is 31.0 Å². The average molecular weight is 348 g/mol. The van der Waals surface area contributed by atoms with E-state index in [0.29, 0.717) is 19.5 Å². The van der Waals surface area contributed by atoms with E-state index in [-0.39, 0.29) is 11.8 Å². The summed E-state index contributed by atoms with van der Waals surface area (Å²) in [6.07, 6.45) is -0.0195. The Balaban J connectivity index is 1.78. The van der Waals surface area contributed by atoms with Gasteiger partial charge in [-0.2, -0.15) is 0 Å². The second-order valence-electron chi connectivity index (χ2n) is 7.49. The molecule has 5 heteroatoms. The van der Waals surface area contributed by atoms with Crippen LogP contribution in [0.1, 0.15) is 30.4 Å². The highest BCUT2D eigenvalue weighted by Gasteiger charge is 2.21. The Hall–Kier alpha value is -1.43. The summed E-state index contributed by atoms with van der Waals surface area (Å²) in [5.74, 6) is 0.277. The van der Waals surface area contributed by atoms with Crippen molar-refractivity contribution in [3.05, 3.63) is 35.4 Å². The number of benzene rings is 1. The first-order valence-electron chi connectivity index (χ1n) is 9.25. The lowest BCUT2D eigenvalue weighted by Gasteiger charge is -2.34. The smallest absolute Gasteiger partial charge is 0.223 e. The first-order chi connectivity index (χ1) is 11.9. The largest absolute Gasteiger partial charge is 0.390 e. The first-order valence-corrected chi connectivity index (χ1v) is 9.25. The molecule has 0 aromatic heterocycles. The molecule has 1 aromatic carbocycles. The molecule has 0 bridgehead atoms. The van der Waals surface area contributed by atoms with Gasteiger partial charge in [-0.25, -0.2) is 0 Å². The molecule has 140 valence electrons. The monoisotopic (exact) mass is 347 g/mol. The highest BCUT2D eigenvalue weighted by molar-refractivity contribution is 5.76. The molecule has 2 rings (SSSR count). The predicted molar refractivity (Wildman–Crippen MR) is 102 cm³/mol. The summed E-state index contributed by atoms with van der Waals surface area (Å²) >= 11 is 0. The Labute approximate surface area is 152 Å². The molecule has 1 saturated heterocycles. The van der Waals surface area contributed by atoms with Gasteiger partial charge in [0.15, 0.2) is 0 Å². The molecule has 1 aliphatic rings. The van der Waals surface area contributed by atoms with Gasteiger partial charge in [0.1, 0.15) is 0 Å². The third-order valence-corrected chi connectivity index (χ3v) is 5.18. The minimum absolute atomic E-state index is 0.0909. The van der Waals surface area contributed by atoms with Gasteiger partial charge in [0, 0.05) is 52.7 Å². The van der Waals surface area contributed by atoms with Crippen LogP contribution in [0.4, 0.5) is 0 Å². The van der Waals surface area contributed by atoms with Crippen LogP contribution >= 0.6 is 0 Å². The zero-order valence-electron chi connectivity index (χ0n) is 16.1. The molecule has 0 radical (unpaired) electrons. The van der Waals surface area contributed by atoms with E-state index < -0.39 is 6.10 Å². The molecule has 1 aliphatic heterocycles.